The van der Waals surface area contributed by atoms with E-state index in [9.17, 15) is 9.59 Å². The molecule has 1 aromatic rings. The van der Waals surface area contributed by atoms with Gasteiger partial charge in [-0.1, -0.05) is 24.3 Å². The molecule has 0 saturated heterocycles. The van der Waals surface area contributed by atoms with Gasteiger partial charge in [-0.3, -0.25) is 4.79 Å². The van der Waals surface area contributed by atoms with E-state index in [1.54, 1.807) is 30.3 Å². The summed E-state index contributed by atoms with van der Waals surface area (Å²) in [5.41, 5.74) is 0.420. The first kappa shape index (κ1) is 10.4. The standard InChI is InChI=1S/C13H10O3/c14-11-8-6-10(7-9-11)13(15)16-12-4-2-1-3-5-12/h1-8H,9H2. The Labute approximate surface area is 93.0 Å². The molecule has 0 radical (unpaired) electrons. The van der Waals surface area contributed by atoms with Crippen LogP contribution in [0, 0.1) is 0 Å². The molecule has 0 spiro atoms. The monoisotopic (exact) mass is 214 g/mol. The van der Waals surface area contributed by atoms with Crippen LogP contribution in [-0.2, 0) is 9.59 Å². The third-order valence-corrected chi connectivity index (χ3v) is 2.16. The molecule has 16 heavy (non-hydrogen) atoms. The number of benzene rings is 1. The highest BCUT2D eigenvalue weighted by Gasteiger charge is 2.13. The fourth-order valence-corrected chi connectivity index (χ4v) is 1.34. The van der Waals surface area contributed by atoms with Gasteiger partial charge in [-0.2, -0.15) is 0 Å². The van der Waals surface area contributed by atoms with E-state index in [2.05, 4.69) is 0 Å². The molecule has 3 heteroatoms. The summed E-state index contributed by atoms with van der Waals surface area (Å²) >= 11 is 0. The van der Waals surface area contributed by atoms with Gasteiger partial charge in [0.05, 0.1) is 5.57 Å². The third-order valence-electron chi connectivity index (χ3n) is 2.16. The molecule has 2 rings (SSSR count). The summed E-state index contributed by atoms with van der Waals surface area (Å²) in [4.78, 5) is 22.5. The summed E-state index contributed by atoms with van der Waals surface area (Å²) in [6.45, 7) is 0. The van der Waals surface area contributed by atoms with E-state index in [1.165, 1.54) is 12.2 Å². The molecule has 1 aromatic carbocycles. The number of carbonyl (C=O) groups excluding carboxylic acids is 2. The number of esters is 1. The highest BCUT2D eigenvalue weighted by atomic mass is 16.5. The van der Waals surface area contributed by atoms with E-state index in [0.717, 1.165) is 0 Å². The fourth-order valence-electron chi connectivity index (χ4n) is 1.34. The summed E-state index contributed by atoms with van der Waals surface area (Å²) in [5.74, 6) is 0.0601. The summed E-state index contributed by atoms with van der Waals surface area (Å²) in [6.07, 6.45) is 4.71. The molecule has 0 saturated carbocycles. The predicted octanol–water partition coefficient (Wildman–Crippen LogP) is 2.05. The number of ketones is 1. The minimum absolute atomic E-state index is 0.00346. The van der Waals surface area contributed by atoms with Gasteiger partial charge in [-0.15, -0.1) is 0 Å². The Hall–Kier alpha value is -2.16. The van der Waals surface area contributed by atoms with Gasteiger partial charge in [0, 0.05) is 6.42 Å². The normalized spacial score (nSPS) is 14.5. The Morgan fingerprint density at radius 1 is 1.12 bits per heavy atom. The van der Waals surface area contributed by atoms with Gasteiger partial charge in [0.2, 0.25) is 0 Å². The molecule has 0 amide bonds. The van der Waals surface area contributed by atoms with Gasteiger partial charge in [0.25, 0.3) is 0 Å². The molecule has 0 atom stereocenters. The molecule has 80 valence electrons. The number of allylic oxidation sites excluding steroid dienone is 2. The zero-order valence-corrected chi connectivity index (χ0v) is 8.55. The third kappa shape index (κ3) is 2.45. The van der Waals surface area contributed by atoms with E-state index >= 15 is 0 Å². The minimum atomic E-state index is -0.435. The molecule has 0 N–H and O–H groups in total. The SMILES string of the molecule is O=C1C=CC(C(=O)Oc2ccccc2)=CC1. The maximum absolute atomic E-state index is 11.6. The first-order valence-corrected chi connectivity index (χ1v) is 4.94. The highest BCUT2D eigenvalue weighted by molar-refractivity contribution is 6.00. The van der Waals surface area contributed by atoms with E-state index in [1.807, 2.05) is 6.07 Å². The summed E-state index contributed by atoms with van der Waals surface area (Å²) in [7, 11) is 0. The van der Waals surface area contributed by atoms with Crippen LogP contribution in [0.3, 0.4) is 0 Å². The second-order valence-corrected chi connectivity index (χ2v) is 3.37. The van der Waals surface area contributed by atoms with Crippen molar-refractivity contribution < 1.29 is 14.3 Å². The first-order chi connectivity index (χ1) is 7.75. The van der Waals surface area contributed by atoms with Crippen LogP contribution in [0.4, 0.5) is 0 Å². The molecular formula is C13H10O3. The largest absolute Gasteiger partial charge is 0.423 e. The lowest BCUT2D eigenvalue weighted by molar-refractivity contribution is -0.129. The second kappa shape index (κ2) is 4.57. The molecule has 1 aliphatic rings. The van der Waals surface area contributed by atoms with Crippen molar-refractivity contribution in [3.8, 4) is 5.75 Å². The summed E-state index contributed by atoms with van der Waals surface area (Å²) < 4.78 is 5.12. The number of para-hydroxylation sites is 1. The van der Waals surface area contributed by atoms with Gasteiger partial charge >= 0.3 is 5.97 Å². The highest BCUT2D eigenvalue weighted by Crippen LogP contribution is 2.14. The summed E-state index contributed by atoms with van der Waals surface area (Å²) in [6, 6.07) is 8.83. The molecule has 0 fully saturated rings. The van der Waals surface area contributed by atoms with Crippen molar-refractivity contribution in [1.29, 1.82) is 0 Å². The molecule has 0 unspecified atom stereocenters. The van der Waals surface area contributed by atoms with Gasteiger partial charge in [-0.05, 0) is 24.3 Å². The lowest BCUT2D eigenvalue weighted by Gasteiger charge is -2.06. The Morgan fingerprint density at radius 2 is 1.88 bits per heavy atom. The van der Waals surface area contributed by atoms with E-state index < -0.39 is 5.97 Å². The average Bonchev–Trinajstić information content (AvgIpc) is 2.31. The van der Waals surface area contributed by atoms with Crippen molar-refractivity contribution in [2.75, 3.05) is 0 Å². The molecular weight excluding hydrogens is 204 g/mol. The van der Waals surface area contributed by atoms with Crippen LogP contribution >= 0.6 is 0 Å². The van der Waals surface area contributed by atoms with Crippen LogP contribution in [-0.4, -0.2) is 11.8 Å². The second-order valence-electron chi connectivity index (χ2n) is 3.37. The Balaban J connectivity index is 2.05. The number of hydrogen-bond donors (Lipinski definition) is 0. The molecule has 0 heterocycles. The van der Waals surface area contributed by atoms with Crippen LogP contribution in [0.15, 0.2) is 54.1 Å². The van der Waals surface area contributed by atoms with Crippen LogP contribution < -0.4 is 4.74 Å². The van der Waals surface area contributed by atoms with Crippen molar-refractivity contribution in [1.82, 2.24) is 0 Å². The van der Waals surface area contributed by atoms with E-state index in [4.69, 9.17) is 4.74 Å². The number of hydrogen-bond acceptors (Lipinski definition) is 3. The van der Waals surface area contributed by atoms with E-state index in [0.29, 0.717) is 11.3 Å². The first-order valence-electron chi connectivity index (χ1n) is 4.94. The van der Waals surface area contributed by atoms with Crippen molar-refractivity contribution in [3.05, 3.63) is 54.1 Å². The molecule has 0 bridgehead atoms. The lowest BCUT2D eigenvalue weighted by atomic mass is 10.1. The van der Waals surface area contributed by atoms with Crippen molar-refractivity contribution in [3.63, 3.8) is 0 Å². The topological polar surface area (TPSA) is 43.4 Å². The number of carbonyl (C=O) groups is 2. The summed E-state index contributed by atoms with van der Waals surface area (Å²) in [5, 5.41) is 0. The van der Waals surface area contributed by atoms with Gasteiger partial charge < -0.3 is 4.74 Å². The lowest BCUT2D eigenvalue weighted by Crippen LogP contribution is -2.12. The number of ether oxygens (including phenoxy) is 1. The van der Waals surface area contributed by atoms with E-state index in [-0.39, 0.29) is 12.2 Å². The van der Waals surface area contributed by atoms with Crippen LogP contribution in [0.25, 0.3) is 0 Å². The molecule has 0 aromatic heterocycles. The number of rotatable bonds is 2. The van der Waals surface area contributed by atoms with Crippen molar-refractivity contribution >= 4 is 11.8 Å². The van der Waals surface area contributed by atoms with Crippen molar-refractivity contribution in [2.24, 2.45) is 0 Å². The average molecular weight is 214 g/mol. The quantitative estimate of drug-likeness (QED) is 0.559. The van der Waals surface area contributed by atoms with Gasteiger partial charge in [-0.25, -0.2) is 4.79 Å². The maximum Gasteiger partial charge on any atom is 0.343 e. The molecule has 0 aliphatic heterocycles. The predicted molar refractivity (Wildman–Crippen MR) is 58.9 cm³/mol. The maximum atomic E-state index is 11.6. The Kier molecular flexibility index (Phi) is 2.96. The fraction of sp³-hybridized carbons (Fsp3) is 0.0769. The van der Waals surface area contributed by atoms with Crippen molar-refractivity contribution in [2.45, 2.75) is 6.42 Å². The Bertz CT molecular complexity index is 469. The Morgan fingerprint density at radius 3 is 2.50 bits per heavy atom. The van der Waals surface area contributed by atoms with Gasteiger partial charge in [0.15, 0.2) is 5.78 Å². The molecule has 1 aliphatic carbocycles. The molecule has 3 nitrogen and oxygen atoms in total. The zero-order chi connectivity index (χ0) is 11.4. The van der Waals surface area contributed by atoms with Crippen LogP contribution in [0.5, 0.6) is 5.75 Å². The van der Waals surface area contributed by atoms with Crippen LogP contribution in [0.2, 0.25) is 0 Å². The van der Waals surface area contributed by atoms with Crippen LogP contribution in [0.1, 0.15) is 6.42 Å². The minimum Gasteiger partial charge on any atom is -0.423 e. The smallest absolute Gasteiger partial charge is 0.343 e. The van der Waals surface area contributed by atoms with Gasteiger partial charge in [0.1, 0.15) is 5.75 Å². The zero-order valence-electron chi connectivity index (χ0n) is 8.55.